The molecule has 0 saturated carbocycles. The van der Waals surface area contributed by atoms with Crippen molar-refractivity contribution in [3.63, 3.8) is 0 Å². The third kappa shape index (κ3) is 1.41. The Balaban J connectivity index is 2.08. The van der Waals surface area contributed by atoms with Gasteiger partial charge in [0.1, 0.15) is 0 Å². The Morgan fingerprint density at radius 1 is 1.19 bits per heavy atom. The molecule has 80 valence electrons. The third-order valence-corrected chi connectivity index (χ3v) is 2.96. The first-order chi connectivity index (χ1) is 7.86. The second kappa shape index (κ2) is 3.68. The molecule has 3 rings (SSSR count). The SMILES string of the molecule is Clc1cnccc1N1CNc2ccccc21. The van der Waals surface area contributed by atoms with Gasteiger partial charge in [0.05, 0.1) is 28.8 Å². The van der Waals surface area contributed by atoms with Crippen molar-refractivity contribution >= 4 is 28.7 Å². The Bertz CT molecular complexity index is 527. The fourth-order valence-electron chi connectivity index (χ4n) is 1.91. The number of fused-ring (bicyclic) bond motifs is 1. The van der Waals surface area contributed by atoms with E-state index in [1.165, 1.54) is 0 Å². The number of rotatable bonds is 1. The molecule has 0 fully saturated rings. The number of nitrogens with zero attached hydrogens (tertiary/aromatic N) is 2. The lowest BCUT2D eigenvalue weighted by molar-refractivity contribution is 1.09. The summed E-state index contributed by atoms with van der Waals surface area (Å²) in [5, 5.41) is 3.99. The molecule has 4 heteroatoms. The second-order valence-electron chi connectivity index (χ2n) is 3.61. The van der Waals surface area contributed by atoms with Crippen LogP contribution in [0.3, 0.4) is 0 Å². The Kier molecular flexibility index (Phi) is 2.18. The lowest BCUT2D eigenvalue weighted by Crippen LogP contribution is -2.16. The molecule has 1 aromatic heterocycles. The van der Waals surface area contributed by atoms with Crippen LogP contribution in [0.4, 0.5) is 17.1 Å². The van der Waals surface area contributed by atoms with Crippen LogP contribution in [-0.4, -0.2) is 11.7 Å². The molecule has 2 aromatic rings. The fraction of sp³-hybridized carbons (Fsp3) is 0.0833. The van der Waals surface area contributed by atoms with Gasteiger partial charge in [-0.2, -0.15) is 0 Å². The summed E-state index contributed by atoms with van der Waals surface area (Å²) in [6.45, 7) is 0.739. The topological polar surface area (TPSA) is 28.2 Å². The molecule has 0 atom stereocenters. The van der Waals surface area contributed by atoms with Gasteiger partial charge in [-0.05, 0) is 18.2 Å². The van der Waals surface area contributed by atoms with E-state index in [-0.39, 0.29) is 0 Å². The van der Waals surface area contributed by atoms with E-state index in [2.05, 4.69) is 27.3 Å². The van der Waals surface area contributed by atoms with Crippen LogP contribution in [0.1, 0.15) is 0 Å². The maximum atomic E-state index is 6.14. The number of nitrogens with one attached hydrogen (secondary N) is 1. The summed E-state index contributed by atoms with van der Waals surface area (Å²) < 4.78 is 0. The van der Waals surface area contributed by atoms with Crippen LogP contribution >= 0.6 is 11.6 Å². The van der Waals surface area contributed by atoms with Gasteiger partial charge >= 0.3 is 0 Å². The molecule has 0 radical (unpaired) electrons. The van der Waals surface area contributed by atoms with Crippen molar-refractivity contribution < 1.29 is 0 Å². The molecule has 0 bridgehead atoms. The van der Waals surface area contributed by atoms with Crippen LogP contribution in [-0.2, 0) is 0 Å². The zero-order valence-electron chi connectivity index (χ0n) is 8.52. The van der Waals surface area contributed by atoms with Crippen molar-refractivity contribution in [2.24, 2.45) is 0 Å². The van der Waals surface area contributed by atoms with Crippen molar-refractivity contribution in [1.82, 2.24) is 4.98 Å². The molecule has 2 heterocycles. The number of benzene rings is 1. The summed E-state index contributed by atoms with van der Waals surface area (Å²) in [6.07, 6.45) is 3.42. The van der Waals surface area contributed by atoms with Crippen molar-refractivity contribution in [1.29, 1.82) is 0 Å². The highest BCUT2D eigenvalue weighted by Gasteiger charge is 2.20. The molecule has 1 aliphatic rings. The number of pyridine rings is 1. The molecule has 0 aliphatic carbocycles. The Morgan fingerprint density at radius 3 is 2.94 bits per heavy atom. The maximum Gasteiger partial charge on any atom is 0.0927 e. The highest BCUT2D eigenvalue weighted by atomic mass is 35.5. The minimum atomic E-state index is 0.668. The van der Waals surface area contributed by atoms with Crippen LogP contribution in [0, 0.1) is 0 Å². The first-order valence-corrected chi connectivity index (χ1v) is 5.44. The van der Waals surface area contributed by atoms with Gasteiger partial charge in [0.15, 0.2) is 0 Å². The lowest BCUT2D eigenvalue weighted by atomic mass is 10.2. The minimum Gasteiger partial charge on any atom is -0.366 e. The molecule has 16 heavy (non-hydrogen) atoms. The van der Waals surface area contributed by atoms with E-state index >= 15 is 0 Å². The van der Waals surface area contributed by atoms with Crippen LogP contribution in [0.5, 0.6) is 0 Å². The van der Waals surface area contributed by atoms with E-state index in [1.807, 2.05) is 18.2 Å². The molecular weight excluding hydrogens is 222 g/mol. The Morgan fingerprint density at radius 2 is 2.06 bits per heavy atom. The van der Waals surface area contributed by atoms with Crippen molar-refractivity contribution in [2.45, 2.75) is 0 Å². The second-order valence-corrected chi connectivity index (χ2v) is 4.01. The average Bonchev–Trinajstić information content (AvgIpc) is 2.74. The van der Waals surface area contributed by atoms with Gasteiger partial charge in [0.2, 0.25) is 0 Å². The van der Waals surface area contributed by atoms with Gasteiger partial charge in [-0.1, -0.05) is 23.7 Å². The lowest BCUT2D eigenvalue weighted by Gasteiger charge is -2.18. The highest BCUT2D eigenvalue weighted by molar-refractivity contribution is 6.33. The van der Waals surface area contributed by atoms with E-state index in [0.29, 0.717) is 5.02 Å². The monoisotopic (exact) mass is 231 g/mol. The standard InChI is InChI=1S/C12H10ClN3/c13-9-7-14-6-5-11(9)16-8-15-10-3-1-2-4-12(10)16/h1-7,15H,8H2. The number of hydrogen-bond acceptors (Lipinski definition) is 3. The molecular formula is C12H10ClN3. The number of anilines is 3. The molecule has 0 saturated heterocycles. The van der Waals surface area contributed by atoms with Crippen molar-refractivity contribution in [2.75, 3.05) is 16.9 Å². The maximum absolute atomic E-state index is 6.14. The normalized spacial score (nSPS) is 13.4. The first-order valence-electron chi connectivity index (χ1n) is 5.06. The summed E-state index contributed by atoms with van der Waals surface area (Å²) in [4.78, 5) is 6.13. The van der Waals surface area contributed by atoms with Crippen LogP contribution in [0.15, 0.2) is 42.7 Å². The minimum absolute atomic E-state index is 0.668. The number of halogens is 1. The van der Waals surface area contributed by atoms with E-state index in [9.17, 15) is 0 Å². The first kappa shape index (κ1) is 9.48. The van der Waals surface area contributed by atoms with Gasteiger partial charge in [0.25, 0.3) is 0 Å². The van der Waals surface area contributed by atoms with Gasteiger partial charge in [0, 0.05) is 12.4 Å². The Hall–Kier alpha value is -1.74. The summed E-state index contributed by atoms with van der Waals surface area (Å²) in [5.41, 5.74) is 3.26. The van der Waals surface area contributed by atoms with E-state index in [4.69, 9.17) is 11.6 Å². The number of aromatic nitrogens is 1. The molecule has 1 aliphatic heterocycles. The van der Waals surface area contributed by atoms with Crippen LogP contribution < -0.4 is 10.2 Å². The molecule has 0 spiro atoms. The van der Waals surface area contributed by atoms with Gasteiger partial charge < -0.3 is 10.2 Å². The quantitative estimate of drug-likeness (QED) is 0.817. The number of hydrogen-bond donors (Lipinski definition) is 1. The highest BCUT2D eigenvalue weighted by Crippen LogP contribution is 2.38. The number of para-hydroxylation sites is 2. The summed E-state index contributed by atoms with van der Waals surface area (Å²) in [6, 6.07) is 10.1. The summed E-state index contributed by atoms with van der Waals surface area (Å²) in [7, 11) is 0. The van der Waals surface area contributed by atoms with Crippen LogP contribution in [0.2, 0.25) is 5.02 Å². The van der Waals surface area contributed by atoms with Crippen molar-refractivity contribution in [3.8, 4) is 0 Å². The fourth-order valence-corrected chi connectivity index (χ4v) is 2.13. The predicted octanol–water partition coefficient (Wildman–Crippen LogP) is 3.26. The average molecular weight is 232 g/mol. The zero-order chi connectivity index (χ0) is 11.0. The third-order valence-electron chi connectivity index (χ3n) is 2.66. The van der Waals surface area contributed by atoms with E-state index in [0.717, 1.165) is 23.7 Å². The summed E-state index contributed by atoms with van der Waals surface area (Å²) in [5.74, 6) is 0. The predicted molar refractivity (Wildman–Crippen MR) is 66.3 cm³/mol. The van der Waals surface area contributed by atoms with E-state index in [1.54, 1.807) is 12.4 Å². The summed E-state index contributed by atoms with van der Waals surface area (Å²) >= 11 is 6.14. The van der Waals surface area contributed by atoms with Gasteiger partial charge in [-0.15, -0.1) is 0 Å². The Labute approximate surface area is 98.7 Å². The van der Waals surface area contributed by atoms with Crippen molar-refractivity contribution in [3.05, 3.63) is 47.7 Å². The zero-order valence-corrected chi connectivity index (χ0v) is 9.28. The molecule has 0 unspecified atom stereocenters. The van der Waals surface area contributed by atoms with E-state index < -0.39 is 0 Å². The van der Waals surface area contributed by atoms with Gasteiger partial charge in [-0.3, -0.25) is 4.98 Å². The molecule has 3 nitrogen and oxygen atoms in total. The molecule has 1 N–H and O–H groups in total. The van der Waals surface area contributed by atoms with Crippen LogP contribution in [0.25, 0.3) is 0 Å². The largest absolute Gasteiger partial charge is 0.366 e. The molecule has 0 amide bonds. The molecule has 1 aromatic carbocycles. The smallest absolute Gasteiger partial charge is 0.0927 e. The van der Waals surface area contributed by atoms with Gasteiger partial charge in [-0.25, -0.2) is 0 Å².